The number of nitrogens with zero attached hydrogens (tertiary/aromatic N) is 1. The Kier molecular flexibility index (Phi) is 5.38. The SMILES string of the molecule is CC(C)C[C@@H](O)[C@H]1CC=CCN1[C@@H](C)c1ccccc1. The van der Waals surface area contributed by atoms with E-state index >= 15 is 0 Å². The van der Waals surface area contributed by atoms with E-state index in [0.717, 1.165) is 19.4 Å². The fraction of sp³-hybridized carbons (Fsp3) is 0.556. The molecule has 0 unspecified atom stereocenters. The first-order valence-corrected chi connectivity index (χ1v) is 7.73. The maximum atomic E-state index is 10.5. The lowest BCUT2D eigenvalue weighted by atomic mass is 9.92. The number of aliphatic hydroxyl groups is 1. The van der Waals surface area contributed by atoms with Gasteiger partial charge in [0, 0.05) is 18.6 Å². The van der Waals surface area contributed by atoms with E-state index in [1.54, 1.807) is 0 Å². The van der Waals surface area contributed by atoms with Crippen LogP contribution in [-0.4, -0.2) is 28.7 Å². The molecule has 2 rings (SSSR count). The predicted molar refractivity (Wildman–Crippen MR) is 84.6 cm³/mol. The molecule has 20 heavy (non-hydrogen) atoms. The van der Waals surface area contributed by atoms with Gasteiger partial charge in [-0.15, -0.1) is 0 Å². The van der Waals surface area contributed by atoms with Gasteiger partial charge in [0.25, 0.3) is 0 Å². The number of rotatable bonds is 5. The van der Waals surface area contributed by atoms with Crippen LogP contribution in [0.5, 0.6) is 0 Å². The summed E-state index contributed by atoms with van der Waals surface area (Å²) in [6.45, 7) is 7.51. The van der Waals surface area contributed by atoms with Crippen molar-refractivity contribution in [3.8, 4) is 0 Å². The molecule has 0 aliphatic carbocycles. The van der Waals surface area contributed by atoms with Crippen LogP contribution >= 0.6 is 0 Å². The molecule has 1 aromatic carbocycles. The Balaban J connectivity index is 2.13. The summed E-state index contributed by atoms with van der Waals surface area (Å²) >= 11 is 0. The van der Waals surface area contributed by atoms with Crippen molar-refractivity contribution < 1.29 is 5.11 Å². The van der Waals surface area contributed by atoms with Crippen LogP contribution in [0.1, 0.15) is 45.2 Å². The third-order valence-corrected chi connectivity index (χ3v) is 4.22. The zero-order valence-corrected chi connectivity index (χ0v) is 12.9. The van der Waals surface area contributed by atoms with E-state index in [2.05, 4.69) is 68.2 Å². The lowest BCUT2D eigenvalue weighted by Crippen LogP contribution is -2.46. The standard InChI is InChI=1S/C18H27NO/c1-14(2)13-18(20)17-11-7-8-12-19(17)15(3)16-9-5-4-6-10-16/h4-10,14-15,17-18,20H,11-13H2,1-3H3/t15-,17+,18+/m0/s1. The third kappa shape index (κ3) is 3.71. The van der Waals surface area contributed by atoms with Gasteiger partial charge in [-0.25, -0.2) is 0 Å². The van der Waals surface area contributed by atoms with Crippen LogP contribution in [0.15, 0.2) is 42.5 Å². The first kappa shape index (κ1) is 15.3. The maximum Gasteiger partial charge on any atom is 0.0701 e. The lowest BCUT2D eigenvalue weighted by molar-refractivity contribution is 0.0198. The zero-order valence-electron chi connectivity index (χ0n) is 12.9. The second-order valence-corrected chi connectivity index (χ2v) is 6.25. The van der Waals surface area contributed by atoms with Gasteiger partial charge in [-0.1, -0.05) is 56.3 Å². The highest BCUT2D eigenvalue weighted by Gasteiger charge is 2.30. The second kappa shape index (κ2) is 7.05. The molecule has 0 radical (unpaired) electrons. The van der Waals surface area contributed by atoms with Crippen LogP contribution in [0, 0.1) is 5.92 Å². The van der Waals surface area contributed by atoms with Gasteiger partial charge in [-0.2, -0.15) is 0 Å². The predicted octanol–water partition coefficient (Wildman–Crippen LogP) is 3.79. The Morgan fingerprint density at radius 2 is 1.85 bits per heavy atom. The fourth-order valence-corrected chi connectivity index (χ4v) is 3.09. The second-order valence-electron chi connectivity index (χ2n) is 6.25. The molecule has 0 saturated heterocycles. The molecule has 1 heterocycles. The van der Waals surface area contributed by atoms with Crippen LogP contribution in [-0.2, 0) is 0 Å². The summed E-state index contributed by atoms with van der Waals surface area (Å²) in [5.41, 5.74) is 1.32. The molecule has 110 valence electrons. The summed E-state index contributed by atoms with van der Waals surface area (Å²) < 4.78 is 0. The molecule has 0 fully saturated rings. The Bertz CT molecular complexity index is 426. The van der Waals surface area contributed by atoms with Crippen molar-refractivity contribution in [1.82, 2.24) is 4.90 Å². The molecule has 0 aromatic heterocycles. The first-order valence-electron chi connectivity index (χ1n) is 7.73. The lowest BCUT2D eigenvalue weighted by Gasteiger charge is -2.40. The fourth-order valence-electron chi connectivity index (χ4n) is 3.09. The van der Waals surface area contributed by atoms with Crippen molar-refractivity contribution in [3.05, 3.63) is 48.0 Å². The normalized spacial score (nSPS) is 22.9. The Morgan fingerprint density at radius 3 is 2.50 bits per heavy atom. The first-order chi connectivity index (χ1) is 9.59. The summed E-state index contributed by atoms with van der Waals surface area (Å²) in [4.78, 5) is 2.43. The van der Waals surface area contributed by atoms with E-state index in [1.807, 2.05) is 0 Å². The van der Waals surface area contributed by atoms with E-state index in [1.165, 1.54) is 5.56 Å². The van der Waals surface area contributed by atoms with Crippen LogP contribution in [0.4, 0.5) is 0 Å². The molecule has 1 aliphatic heterocycles. The highest BCUT2D eigenvalue weighted by atomic mass is 16.3. The number of hydrogen-bond acceptors (Lipinski definition) is 2. The van der Waals surface area contributed by atoms with E-state index in [-0.39, 0.29) is 12.1 Å². The van der Waals surface area contributed by atoms with Crippen molar-refractivity contribution >= 4 is 0 Å². The number of hydrogen-bond donors (Lipinski definition) is 1. The minimum atomic E-state index is -0.244. The quantitative estimate of drug-likeness (QED) is 0.825. The maximum absolute atomic E-state index is 10.5. The molecule has 2 heteroatoms. The highest BCUT2D eigenvalue weighted by Crippen LogP contribution is 2.29. The van der Waals surface area contributed by atoms with Crippen molar-refractivity contribution in [3.63, 3.8) is 0 Å². The summed E-state index contributed by atoms with van der Waals surface area (Å²) in [7, 11) is 0. The van der Waals surface area contributed by atoms with Crippen LogP contribution < -0.4 is 0 Å². The molecule has 0 saturated carbocycles. The Morgan fingerprint density at radius 1 is 1.15 bits per heavy atom. The molecule has 0 amide bonds. The van der Waals surface area contributed by atoms with Crippen LogP contribution in [0.2, 0.25) is 0 Å². The molecular weight excluding hydrogens is 246 g/mol. The van der Waals surface area contributed by atoms with Gasteiger partial charge in [0.2, 0.25) is 0 Å². The van der Waals surface area contributed by atoms with Gasteiger partial charge in [0.15, 0.2) is 0 Å². The third-order valence-electron chi connectivity index (χ3n) is 4.22. The van der Waals surface area contributed by atoms with Gasteiger partial charge in [0.1, 0.15) is 0 Å². The van der Waals surface area contributed by atoms with E-state index < -0.39 is 0 Å². The van der Waals surface area contributed by atoms with E-state index in [0.29, 0.717) is 12.0 Å². The number of benzene rings is 1. The molecule has 2 nitrogen and oxygen atoms in total. The topological polar surface area (TPSA) is 23.5 Å². The summed E-state index contributed by atoms with van der Waals surface area (Å²) in [5, 5.41) is 10.5. The minimum Gasteiger partial charge on any atom is -0.391 e. The van der Waals surface area contributed by atoms with Gasteiger partial charge >= 0.3 is 0 Å². The van der Waals surface area contributed by atoms with E-state index in [9.17, 15) is 5.11 Å². The average molecular weight is 273 g/mol. The smallest absolute Gasteiger partial charge is 0.0701 e. The van der Waals surface area contributed by atoms with Gasteiger partial charge in [-0.3, -0.25) is 4.90 Å². The monoisotopic (exact) mass is 273 g/mol. The summed E-state index contributed by atoms with van der Waals surface area (Å²) in [6, 6.07) is 11.2. The molecule has 3 atom stereocenters. The van der Waals surface area contributed by atoms with Crippen molar-refractivity contribution in [1.29, 1.82) is 0 Å². The van der Waals surface area contributed by atoms with Crippen molar-refractivity contribution in [2.75, 3.05) is 6.54 Å². The average Bonchev–Trinajstić information content (AvgIpc) is 2.46. The zero-order chi connectivity index (χ0) is 14.5. The molecular formula is C18H27NO. The van der Waals surface area contributed by atoms with Crippen molar-refractivity contribution in [2.24, 2.45) is 5.92 Å². The Labute approximate surface area is 123 Å². The molecule has 0 spiro atoms. The summed E-state index contributed by atoms with van der Waals surface area (Å²) in [6.07, 6.45) is 6.01. The van der Waals surface area contributed by atoms with E-state index in [4.69, 9.17) is 0 Å². The van der Waals surface area contributed by atoms with Gasteiger partial charge in [-0.05, 0) is 31.2 Å². The molecule has 0 bridgehead atoms. The minimum absolute atomic E-state index is 0.234. The molecule has 1 aromatic rings. The molecule has 1 aliphatic rings. The van der Waals surface area contributed by atoms with Gasteiger partial charge < -0.3 is 5.11 Å². The highest BCUT2D eigenvalue weighted by molar-refractivity contribution is 5.19. The van der Waals surface area contributed by atoms with Crippen molar-refractivity contribution in [2.45, 2.75) is 51.8 Å². The Hall–Kier alpha value is -1.12. The van der Waals surface area contributed by atoms with Crippen LogP contribution in [0.25, 0.3) is 0 Å². The summed E-state index contributed by atoms with van der Waals surface area (Å²) in [5.74, 6) is 0.532. The van der Waals surface area contributed by atoms with Gasteiger partial charge in [0.05, 0.1) is 6.10 Å². The number of aliphatic hydroxyl groups excluding tert-OH is 1. The molecule has 1 N–H and O–H groups in total. The van der Waals surface area contributed by atoms with Crippen LogP contribution in [0.3, 0.4) is 0 Å². The largest absolute Gasteiger partial charge is 0.391 e.